The molecule has 1 aliphatic rings. The van der Waals surface area contributed by atoms with Gasteiger partial charge in [0.25, 0.3) is 0 Å². The van der Waals surface area contributed by atoms with E-state index in [0.717, 1.165) is 18.5 Å². The molecule has 1 aromatic rings. The van der Waals surface area contributed by atoms with Crippen LogP contribution in [0.4, 0.5) is 10.5 Å². The topological polar surface area (TPSA) is 69.6 Å². The number of benzene rings is 1. The molecule has 1 fully saturated rings. The fourth-order valence-electron chi connectivity index (χ4n) is 2.70. The van der Waals surface area contributed by atoms with E-state index in [1.165, 1.54) is 5.56 Å². The lowest BCUT2D eigenvalue weighted by Gasteiger charge is -2.17. The Balaban J connectivity index is 1.94. The molecular weight excluding hydrogens is 268 g/mol. The van der Waals surface area contributed by atoms with Crippen LogP contribution in [-0.4, -0.2) is 35.1 Å². The molecule has 0 saturated carbocycles. The van der Waals surface area contributed by atoms with E-state index in [2.05, 4.69) is 12.2 Å². The normalized spacial score (nSPS) is 21.3. The summed E-state index contributed by atoms with van der Waals surface area (Å²) in [6.07, 6.45) is 2.12. The lowest BCUT2D eigenvalue weighted by Crippen LogP contribution is -2.33. The van der Waals surface area contributed by atoms with Crippen LogP contribution >= 0.6 is 0 Å². The fourth-order valence-corrected chi connectivity index (χ4v) is 2.70. The van der Waals surface area contributed by atoms with Crippen molar-refractivity contribution in [3.8, 4) is 0 Å². The molecule has 0 spiro atoms. The average molecular weight is 290 g/mol. The van der Waals surface area contributed by atoms with Gasteiger partial charge in [-0.15, -0.1) is 0 Å². The Hall–Kier alpha value is -2.04. The number of nitrogens with one attached hydrogen (secondary N) is 1. The van der Waals surface area contributed by atoms with E-state index in [1.807, 2.05) is 31.2 Å². The first kappa shape index (κ1) is 15.4. The maximum Gasteiger partial charge on any atom is 0.321 e. The summed E-state index contributed by atoms with van der Waals surface area (Å²) >= 11 is 0. The molecule has 1 saturated heterocycles. The van der Waals surface area contributed by atoms with Crippen LogP contribution in [0.1, 0.15) is 25.8 Å². The summed E-state index contributed by atoms with van der Waals surface area (Å²) in [4.78, 5) is 24.8. The molecule has 2 amide bonds. The molecule has 0 radical (unpaired) electrons. The van der Waals surface area contributed by atoms with Gasteiger partial charge in [-0.3, -0.25) is 4.79 Å². The molecule has 2 atom stereocenters. The number of aliphatic carboxylic acids is 1. The highest BCUT2D eigenvalue weighted by atomic mass is 16.4. The predicted molar refractivity (Wildman–Crippen MR) is 81.3 cm³/mol. The summed E-state index contributed by atoms with van der Waals surface area (Å²) in [5, 5.41) is 11.9. The third kappa shape index (κ3) is 3.74. The summed E-state index contributed by atoms with van der Waals surface area (Å²) in [5.74, 6) is -1.32. The molecule has 5 heteroatoms. The van der Waals surface area contributed by atoms with Crippen molar-refractivity contribution in [2.24, 2.45) is 11.8 Å². The van der Waals surface area contributed by atoms with Crippen LogP contribution < -0.4 is 5.32 Å². The predicted octanol–water partition coefficient (Wildman–Crippen LogP) is 2.82. The van der Waals surface area contributed by atoms with Gasteiger partial charge >= 0.3 is 12.0 Å². The number of rotatable bonds is 4. The minimum atomic E-state index is -0.832. The van der Waals surface area contributed by atoms with E-state index in [1.54, 1.807) is 4.90 Å². The van der Waals surface area contributed by atoms with Gasteiger partial charge < -0.3 is 15.3 Å². The fraction of sp³-hybridized carbons (Fsp3) is 0.500. The average Bonchev–Trinajstić information content (AvgIpc) is 2.84. The van der Waals surface area contributed by atoms with Crippen LogP contribution in [0.25, 0.3) is 0 Å². The van der Waals surface area contributed by atoms with E-state index < -0.39 is 11.9 Å². The number of hydrogen-bond donors (Lipinski definition) is 2. The van der Waals surface area contributed by atoms with Gasteiger partial charge in [0, 0.05) is 18.8 Å². The molecule has 2 unspecified atom stereocenters. The maximum absolute atomic E-state index is 12.2. The SMILES string of the molecule is CCCc1ccc(NC(=O)N2CC(C)C(C(=O)O)C2)cc1. The van der Waals surface area contributed by atoms with E-state index >= 15 is 0 Å². The van der Waals surface area contributed by atoms with Crippen LogP contribution in [0.5, 0.6) is 0 Å². The van der Waals surface area contributed by atoms with E-state index in [-0.39, 0.29) is 18.5 Å². The van der Waals surface area contributed by atoms with Crippen LogP contribution in [0.3, 0.4) is 0 Å². The summed E-state index contributed by atoms with van der Waals surface area (Å²) in [6, 6.07) is 7.56. The molecule has 1 heterocycles. The van der Waals surface area contributed by atoms with Crippen molar-refractivity contribution in [3.63, 3.8) is 0 Å². The van der Waals surface area contributed by atoms with Crippen molar-refractivity contribution in [2.75, 3.05) is 18.4 Å². The monoisotopic (exact) mass is 290 g/mol. The zero-order chi connectivity index (χ0) is 15.4. The number of carboxylic acids is 1. The Morgan fingerprint density at radius 2 is 1.95 bits per heavy atom. The summed E-state index contributed by atoms with van der Waals surface area (Å²) in [5.41, 5.74) is 1.99. The summed E-state index contributed by atoms with van der Waals surface area (Å²) in [7, 11) is 0. The van der Waals surface area contributed by atoms with Crippen molar-refractivity contribution in [1.29, 1.82) is 0 Å². The van der Waals surface area contributed by atoms with Gasteiger partial charge in [0.2, 0.25) is 0 Å². The standard InChI is InChI=1S/C16H22N2O3/c1-3-4-12-5-7-13(8-6-12)17-16(21)18-9-11(2)14(10-18)15(19)20/h5-8,11,14H,3-4,9-10H2,1-2H3,(H,17,21)(H,19,20). The number of likely N-dealkylation sites (tertiary alicyclic amines) is 1. The second-order valence-electron chi connectivity index (χ2n) is 5.70. The molecule has 1 aromatic carbocycles. The van der Waals surface area contributed by atoms with Gasteiger partial charge in [-0.05, 0) is 30.0 Å². The summed E-state index contributed by atoms with van der Waals surface area (Å²) in [6.45, 7) is 4.75. The highest BCUT2D eigenvalue weighted by Crippen LogP contribution is 2.24. The number of carbonyl (C=O) groups is 2. The molecular formula is C16H22N2O3. The number of carbonyl (C=O) groups excluding carboxylic acids is 1. The molecule has 21 heavy (non-hydrogen) atoms. The van der Waals surface area contributed by atoms with Crippen molar-refractivity contribution >= 4 is 17.7 Å². The Morgan fingerprint density at radius 1 is 1.29 bits per heavy atom. The lowest BCUT2D eigenvalue weighted by atomic mass is 9.99. The van der Waals surface area contributed by atoms with Gasteiger partial charge in [-0.25, -0.2) is 4.79 Å². The second kappa shape index (κ2) is 6.61. The minimum absolute atomic E-state index is 0.0137. The summed E-state index contributed by atoms with van der Waals surface area (Å²) < 4.78 is 0. The van der Waals surface area contributed by atoms with Gasteiger partial charge in [-0.1, -0.05) is 32.4 Å². The van der Waals surface area contributed by atoms with Crippen LogP contribution in [-0.2, 0) is 11.2 Å². The molecule has 114 valence electrons. The number of amides is 2. The Labute approximate surface area is 125 Å². The number of aryl methyl sites for hydroxylation is 1. The Bertz CT molecular complexity index is 513. The maximum atomic E-state index is 12.2. The molecule has 0 aromatic heterocycles. The van der Waals surface area contributed by atoms with Crippen LogP contribution in [0.15, 0.2) is 24.3 Å². The number of urea groups is 1. The highest BCUT2D eigenvalue weighted by Gasteiger charge is 2.36. The quantitative estimate of drug-likeness (QED) is 0.896. The van der Waals surface area contributed by atoms with Gasteiger partial charge in [0.05, 0.1) is 5.92 Å². The molecule has 5 nitrogen and oxygen atoms in total. The zero-order valence-electron chi connectivity index (χ0n) is 12.5. The third-order valence-corrected chi connectivity index (χ3v) is 3.96. The van der Waals surface area contributed by atoms with Crippen molar-refractivity contribution in [3.05, 3.63) is 29.8 Å². The zero-order valence-corrected chi connectivity index (χ0v) is 12.5. The van der Waals surface area contributed by atoms with Crippen LogP contribution in [0.2, 0.25) is 0 Å². The Kier molecular flexibility index (Phi) is 4.83. The van der Waals surface area contributed by atoms with Gasteiger partial charge in [0.15, 0.2) is 0 Å². The number of hydrogen-bond acceptors (Lipinski definition) is 2. The first-order valence-electron chi connectivity index (χ1n) is 7.39. The van der Waals surface area contributed by atoms with Gasteiger partial charge in [0.1, 0.15) is 0 Å². The largest absolute Gasteiger partial charge is 0.481 e. The van der Waals surface area contributed by atoms with Crippen molar-refractivity contribution < 1.29 is 14.7 Å². The van der Waals surface area contributed by atoms with Gasteiger partial charge in [-0.2, -0.15) is 0 Å². The molecule has 1 aliphatic heterocycles. The highest BCUT2D eigenvalue weighted by molar-refractivity contribution is 5.90. The van der Waals surface area contributed by atoms with E-state index in [9.17, 15) is 9.59 Å². The number of anilines is 1. The molecule has 0 bridgehead atoms. The van der Waals surface area contributed by atoms with E-state index in [4.69, 9.17) is 5.11 Å². The molecule has 2 N–H and O–H groups in total. The smallest absolute Gasteiger partial charge is 0.321 e. The second-order valence-corrected chi connectivity index (χ2v) is 5.70. The number of carboxylic acid groups (broad SMARTS) is 1. The van der Waals surface area contributed by atoms with Crippen LogP contribution in [0, 0.1) is 11.8 Å². The van der Waals surface area contributed by atoms with E-state index in [0.29, 0.717) is 6.54 Å². The minimum Gasteiger partial charge on any atom is -0.481 e. The number of nitrogens with zero attached hydrogens (tertiary/aromatic N) is 1. The van der Waals surface area contributed by atoms with Crippen molar-refractivity contribution in [1.82, 2.24) is 4.90 Å². The Morgan fingerprint density at radius 3 is 2.48 bits per heavy atom. The first-order chi connectivity index (χ1) is 10.0. The molecule has 2 rings (SSSR count). The van der Waals surface area contributed by atoms with Crippen molar-refractivity contribution in [2.45, 2.75) is 26.7 Å². The third-order valence-electron chi connectivity index (χ3n) is 3.96. The molecule has 0 aliphatic carbocycles. The lowest BCUT2D eigenvalue weighted by molar-refractivity contribution is -0.142. The first-order valence-corrected chi connectivity index (χ1v) is 7.39.